The Labute approximate surface area is 596 Å². The van der Waals surface area contributed by atoms with E-state index in [1.165, 1.54) is 27.1 Å². The van der Waals surface area contributed by atoms with Gasteiger partial charge in [0.05, 0.1) is 37.7 Å². The highest BCUT2D eigenvalue weighted by molar-refractivity contribution is 6.31. The van der Waals surface area contributed by atoms with Gasteiger partial charge in [0.15, 0.2) is 28.7 Å². The number of alkyl halides is 1. The first-order chi connectivity index (χ1) is 48.5. The van der Waals surface area contributed by atoms with Crippen molar-refractivity contribution < 1.29 is 62.1 Å². The summed E-state index contributed by atoms with van der Waals surface area (Å²) < 4.78 is 32.9. The monoisotopic (exact) mass is 1400 g/mol. The average molecular weight is 1400 g/mol. The molecule has 4 aliphatic carbocycles. The minimum atomic E-state index is -0.883. The van der Waals surface area contributed by atoms with Gasteiger partial charge < -0.3 is 29.0 Å². The zero-order valence-corrected chi connectivity index (χ0v) is 59.2. The molecule has 2 saturated heterocycles. The smallest absolute Gasteiger partial charge is 0.410 e. The summed E-state index contributed by atoms with van der Waals surface area (Å²) in [7, 11) is 3.61. The largest absolute Gasteiger partial charge is 0.448 e. The summed E-state index contributed by atoms with van der Waals surface area (Å²) in [5, 5.41) is 16.6. The number of ether oxygens (including phenoxy) is 4. The molecule has 7 atom stereocenters. The van der Waals surface area contributed by atoms with E-state index in [0.29, 0.717) is 67.7 Å². The standard InChI is InChI=1S/C40H43ClN2O6.C33H39NO5.C7H6ClNO.CH3F/c1-3-9-27(38(47-2)37(45)18-25-16-17-25)20-36(44)35-22-40(21-34(42-49-40)26-10-8-11-28(41)19-26)24-43(35)39(46)48-23-33-31-14-6-4-12-29(31)30-13-5-7-15-32(30)33;1-4-9-23(32(38-3)31(36)17-22-14-15-22)18-30(35)29-16-21(2)19-34(29)33(37)39-20-28-26-12-7-5-10-24(26)25-11-6-8-13-27(25)28;8-7-3-1-2-6(4-7)5-9-10;1-2/h4-8,10-15,19,25,27,33,35,38H,3,9,16-18,20-24H2,1-2H3;5-8,10-13,22-23,28-29,32H,2,4,9,14-20H2,1,3H3;1-5,10H;1H3/b;;9-5-;/t27-,35-,38?,40+;23-,29-,32?;;/m00../s1. The molecule has 1 N–H and O–H groups in total. The maximum Gasteiger partial charge on any atom is 0.410 e. The number of hydrogen-bond acceptors (Lipinski definition) is 14. The van der Waals surface area contributed by atoms with Crippen molar-refractivity contribution in [1.29, 1.82) is 0 Å². The number of ketones is 4. The van der Waals surface area contributed by atoms with E-state index >= 15 is 0 Å². The van der Waals surface area contributed by atoms with Crippen LogP contribution in [0.15, 0.2) is 168 Å². The van der Waals surface area contributed by atoms with Crippen LogP contribution in [0, 0.1) is 23.7 Å². The summed E-state index contributed by atoms with van der Waals surface area (Å²) in [4.78, 5) is 90.7. The Morgan fingerprint density at radius 3 is 1.53 bits per heavy atom. The number of oxime groups is 2. The van der Waals surface area contributed by atoms with Crippen molar-refractivity contribution in [1.82, 2.24) is 9.80 Å². The zero-order chi connectivity index (χ0) is 71.0. The van der Waals surface area contributed by atoms with E-state index in [4.69, 9.17) is 52.2 Å². The van der Waals surface area contributed by atoms with Crippen molar-refractivity contribution in [2.75, 3.05) is 47.7 Å². The summed E-state index contributed by atoms with van der Waals surface area (Å²) in [6.45, 7) is 8.97. The third kappa shape index (κ3) is 18.0. The van der Waals surface area contributed by atoms with Crippen LogP contribution in [-0.4, -0.2) is 140 Å². The van der Waals surface area contributed by atoms with Crippen molar-refractivity contribution >= 4 is 70.4 Å². The van der Waals surface area contributed by atoms with Gasteiger partial charge in [0, 0.05) is 86.7 Å². The van der Waals surface area contributed by atoms with Gasteiger partial charge >= 0.3 is 12.2 Å². The Balaban J connectivity index is 0.000000189. The van der Waals surface area contributed by atoms with Crippen LogP contribution >= 0.6 is 23.2 Å². The zero-order valence-electron chi connectivity index (χ0n) is 57.7. The minimum absolute atomic E-state index is 0.0461. The van der Waals surface area contributed by atoms with Crippen LogP contribution in [0.25, 0.3) is 22.3 Å². The number of nitrogens with zero attached hydrogens (tertiary/aromatic N) is 4. The molecular formula is C81H91Cl2FN4O12. The third-order valence-electron chi connectivity index (χ3n) is 20.2. The Morgan fingerprint density at radius 1 is 0.640 bits per heavy atom. The average Bonchev–Trinajstić information content (AvgIpc) is 1.62. The van der Waals surface area contributed by atoms with E-state index < -0.39 is 42.1 Å². The molecular weight excluding hydrogens is 1310 g/mol. The van der Waals surface area contributed by atoms with Gasteiger partial charge in [-0.25, -0.2) is 9.59 Å². The first-order valence-electron chi connectivity index (χ1n) is 34.9. The molecule has 0 aromatic heterocycles. The molecule has 2 unspecified atom stereocenters. The fourth-order valence-electron chi connectivity index (χ4n) is 15.1. The molecule has 6 aromatic rings. The number of amides is 2. The Kier molecular flexibility index (Phi) is 25.9. The molecule has 0 bridgehead atoms. The molecule has 13 rings (SSSR count). The summed E-state index contributed by atoms with van der Waals surface area (Å²) >= 11 is 11.9. The molecule has 16 nitrogen and oxygen atoms in total. The first-order valence-corrected chi connectivity index (χ1v) is 35.7. The highest BCUT2D eigenvalue weighted by atomic mass is 35.5. The van der Waals surface area contributed by atoms with Gasteiger partial charge in [-0.1, -0.05) is 194 Å². The molecule has 1 spiro atoms. The van der Waals surface area contributed by atoms with Gasteiger partial charge in [0.2, 0.25) is 0 Å². The summed E-state index contributed by atoms with van der Waals surface area (Å²) in [5.41, 5.74) is 11.4. The maximum absolute atomic E-state index is 14.3. The second kappa shape index (κ2) is 34.8. The number of rotatable bonds is 26. The van der Waals surface area contributed by atoms with Crippen LogP contribution in [0.4, 0.5) is 14.0 Å². The number of benzene rings is 6. The topological polar surface area (TPSA) is 200 Å². The fraction of sp³-hybridized carbons (Fsp3) is 0.432. The van der Waals surface area contributed by atoms with Crippen LogP contribution in [0.3, 0.4) is 0 Å². The maximum atomic E-state index is 14.3. The lowest BCUT2D eigenvalue weighted by Gasteiger charge is -2.28. The van der Waals surface area contributed by atoms with Gasteiger partial charge in [-0.05, 0) is 143 Å². The van der Waals surface area contributed by atoms with E-state index in [2.05, 4.69) is 72.3 Å². The van der Waals surface area contributed by atoms with Gasteiger partial charge in [0.25, 0.3) is 0 Å². The molecule has 19 heteroatoms. The second-order valence-electron chi connectivity index (χ2n) is 27.3. The number of carbonyl (C=O) groups excluding carboxylic acids is 6. The molecule has 7 aliphatic rings. The van der Waals surface area contributed by atoms with Crippen molar-refractivity contribution in [3.05, 3.63) is 201 Å². The lowest BCUT2D eigenvalue weighted by Crippen LogP contribution is -2.43. The third-order valence-corrected chi connectivity index (χ3v) is 20.7. The number of fused-ring (bicyclic) bond motifs is 6. The minimum Gasteiger partial charge on any atom is -0.448 e. The van der Waals surface area contributed by atoms with Crippen LogP contribution in [0.5, 0.6) is 0 Å². The summed E-state index contributed by atoms with van der Waals surface area (Å²) in [5.74, 6) is 0.236. The van der Waals surface area contributed by atoms with Crippen molar-refractivity contribution in [3.63, 3.8) is 0 Å². The van der Waals surface area contributed by atoms with Crippen LogP contribution in [0.2, 0.25) is 10.0 Å². The Hall–Kier alpha value is -8.35. The quantitative estimate of drug-likeness (QED) is 0.0233. The highest BCUT2D eigenvalue weighted by Crippen LogP contribution is 2.48. The number of hydrogen-bond donors (Lipinski definition) is 1. The fourth-order valence-corrected chi connectivity index (χ4v) is 15.5. The molecule has 100 heavy (non-hydrogen) atoms. The predicted octanol–water partition coefficient (Wildman–Crippen LogP) is 17.0. The molecule has 2 amide bonds. The normalized spacial score (nSPS) is 19.8. The van der Waals surface area contributed by atoms with Gasteiger partial charge in [-0.15, -0.1) is 0 Å². The number of halogens is 3. The Morgan fingerprint density at radius 2 is 1.09 bits per heavy atom. The predicted molar refractivity (Wildman–Crippen MR) is 386 cm³/mol. The number of Topliss-reactive ketones (excluding diaryl/α,β-unsaturated/α-hetero) is 4. The lowest BCUT2D eigenvalue weighted by atomic mass is 9.84. The Bertz CT molecular complexity index is 3880. The van der Waals surface area contributed by atoms with E-state index in [-0.39, 0.29) is 85.8 Å². The molecule has 2 saturated carbocycles. The van der Waals surface area contributed by atoms with Crippen molar-refractivity contribution in [2.24, 2.45) is 34.0 Å². The molecule has 0 radical (unpaired) electrons. The van der Waals surface area contributed by atoms with E-state index in [1.807, 2.05) is 73.7 Å². The number of likely N-dealkylation sites (tertiary alicyclic amines) is 2. The van der Waals surface area contributed by atoms with E-state index in [9.17, 15) is 33.2 Å². The number of methoxy groups -OCH3 is 2. The van der Waals surface area contributed by atoms with Crippen LogP contribution in [-0.2, 0) is 43.0 Å². The van der Waals surface area contributed by atoms with Crippen LogP contribution < -0.4 is 0 Å². The van der Waals surface area contributed by atoms with Gasteiger partial charge in [-0.2, -0.15) is 0 Å². The molecule has 6 aromatic carbocycles. The molecule has 3 heterocycles. The lowest BCUT2D eigenvalue weighted by molar-refractivity contribution is -0.136. The van der Waals surface area contributed by atoms with E-state index in [0.717, 1.165) is 101 Å². The van der Waals surface area contributed by atoms with Crippen molar-refractivity contribution in [3.8, 4) is 22.3 Å². The molecule has 528 valence electrons. The van der Waals surface area contributed by atoms with Crippen molar-refractivity contribution in [2.45, 2.75) is 152 Å². The first kappa shape index (κ1) is 74.3. The van der Waals surface area contributed by atoms with Gasteiger partial charge in [0.1, 0.15) is 25.4 Å². The molecule has 4 fully saturated rings. The second-order valence-corrected chi connectivity index (χ2v) is 28.2. The van der Waals surface area contributed by atoms with Crippen LogP contribution in [0.1, 0.15) is 155 Å². The summed E-state index contributed by atoms with van der Waals surface area (Å²) in [6.07, 6.45) is 8.88. The number of carbonyl (C=O) groups is 6. The highest BCUT2D eigenvalue weighted by Gasteiger charge is 2.55. The SMILES string of the molecule is C=C1C[C@@H](C(=O)C[C@H](CCC)C(OC)C(=O)CC2CC2)N(C(=O)OCC2c3ccccc3-c3ccccc32)C1.CCC[C@@H](CC(=O)[C@@H]1C[C@]2(CC(c3cccc(Cl)c3)=NO2)CN1C(=O)OCC1c2ccccc2-c2ccccc21)C(OC)C(=O)CC1CC1.CF.O/N=C\c1cccc(Cl)c1. The van der Waals surface area contributed by atoms with E-state index in [1.54, 1.807) is 44.6 Å². The van der Waals surface area contributed by atoms with Gasteiger partial charge in [-0.3, -0.25) is 33.4 Å². The molecule has 3 aliphatic heterocycles. The summed E-state index contributed by atoms with van der Waals surface area (Å²) in [6, 6.07) is 45.9.